The molecule has 2 heteroatoms. The first kappa shape index (κ1) is 12.0. The van der Waals surface area contributed by atoms with Gasteiger partial charge in [-0.3, -0.25) is 0 Å². The molecule has 0 aliphatic heterocycles. The molecule has 1 rings (SSSR count). The van der Waals surface area contributed by atoms with Crippen LogP contribution in [0.1, 0.15) is 46.0 Å². The van der Waals surface area contributed by atoms with Gasteiger partial charge in [0, 0.05) is 19.3 Å². The lowest BCUT2D eigenvalue weighted by molar-refractivity contribution is 0.131. The van der Waals surface area contributed by atoms with E-state index >= 15 is 0 Å². The molecule has 0 amide bonds. The van der Waals surface area contributed by atoms with Crippen molar-refractivity contribution in [3.63, 3.8) is 0 Å². The zero-order valence-corrected chi connectivity index (χ0v) is 9.72. The van der Waals surface area contributed by atoms with E-state index in [1.54, 1.807) is 0 Å². The van der Waals surface area contributed by atoms with E-state index in [9.17, 15) is 0 Å². The molecule has 0 heterocycles. The summed E-state index contributed by atoms with van der Waals surface area (Å²) >= 11 is 0. The minimum Gasteiger partial charge on any atom is -0.381 e. The van der Waals surface area contributed by atoms with Crippen LogP contribution in [0.2, 0.25) is 0 Å². The molecular formula is C12H25NO. The van der Waals surface area contributed by atoms with Gasteiger partial charge in [0.15, 0.2) is 0 Å². The molecule has 1 aliphatic rings. The second-order valence-electron chi connectivity index (χ2n) is 4.54. The normalized spacial score (nSPS) is 27.0. The summed E-state index contributed by atoms with van der Waals surface area (Å²) in [4.78, 5) is 0. The van der Waals surface area contributed by atoms with Crippen LogP contribution in [0.25, 0.3) is 0 Å². The molecule has 0 aromatic carbocycles. The maximum Gasteiger partial charge on any atom is 0.0478 e. The van der Waals surface area contributed by atoms with Crippen molar-refractivity contribution in [2.45, 2.75) is 52.0 Å². The van der Waals surface area contributed by atoms with E-state index in [2.05, 4.69) is 19.2 Å². The van der Waals surface area contributed by atoms with Crippen LogP contribution in [0.5, 0.6) is 0 Å². The maximum absolute atomic E-state index is 5.43. The Morgan fingerprint density at radius 3 is 2.79 bits per heavy atom. The summed E-state index contributed by atoms with van der Waals surface area (Å²) < 4.78 is 5.43. The molecule has 0 bridgehead atoms. The first-order chi connectivity index (χ1) is 6.83. The lowest BCUT2D eigenvalue weighted by atomic mass is 10.1. The van der Waals surface area contributed by atoms with Crippen LogP contribution in [0.4, 0.5) is 0 Å². The van der Waals surface area contributed by atoms with Crippen molar-refractivity contribution in [2.75, 3.05) is 19.8 Å². The SMILES string of the molecule is CCCOCCCNC1CCC(C)C1. The van der Waals surface area contributed by atoms with E-state index < -0.39 is 0 Å². The number of ether oxygens (including phenoxy) is 1. The third kappa shape index (κ3) is 4.97. The Kier molecular flexibility index (Phi) is 6.20. The molecule has 2 unspecified atom stereocenters. The first-order valence-corrected chi connectivity index (χ1v) is 6.14. The maximum atomic E-state index is 5.43. The van der Waals surface area contributed by atoms with E-state index in [0.29, 0.717) is 0 Å². The summed E-state index contributed by atoms with van der Waals surface area (Å²) in [7, 11) is 0. The molecule has 0 aromatic rings. The average molecular weight is 199 g/mol. The second kappa shape index (κ2) is 7.24. The van der Waals surface area contributed by atoms with Crippen molar-refractivity contribution in [1.82, 2.24) is 5.32 Å². The summed E-state index contributed by atoms with van der Waals surface area (Å²) in [6.07, 6.45) is 6.44. The van der Waals surface area contributed by atoms with Crippen LogP contribution in [0.15, 0.2) is 0 Å². The van der Waals surface area contributed by atoms with Gasteiger partial charge in [0.05, 0.1) is 0 Å². The van der Waals surface area contributed by atoms with Gasteiger partial charge in [0.2, 0.25) is 0 Å². The fraction of sp³-hybridized carbons (Fsp3) is 1.00. The van der Waals surface area contributed by atoms with Crippen LogP contribution in [0, 0.1) is 5.92 Å². The lowest BCUT2D eigenvalue weighted by Gasteiger charge is -2.11. The van der Waals surface area contributed by atoms with Gasteiger partial charge in [0.1, 0.15) is 0 Å². The van der Waals surface area contributed by atoms with Crippen molar-refractivity contribution in [2.24, 2.45) is 5.92 Å². The van der Waals surface area contributed by atoms with Gasteiger partial charge in [0.25, 0.3) is 0 Å². The molecule has 0 saturated heterocycles. The van der Waals surface area contributed by atoms with Crippen molar-refractivity contribution >= 4 is 0 Å². The summed E-state index contributed by atoms with van der Waals surface area (Å²) in [5.74, 6) is 0.934. The van der Waals surface area contributed by atoms with Gasteiger partial charge in [-0.25, -0.2) is 0 Å². The van der Waals surface area contributed by atoms with Crippen LogP contribution in [0.3, 0.4) is 0 Å². The van der Waals surface area contributed by atoms with Crippen LogP contribution >= 0.6 is 0 Å². The Morgan fingerprint density at radius 1 is 1.29 bits per heavy atom. The highest BCUT2D eigenvalue weighted by Gasteiger charge is 2.19. The third-order valence-corrected chi connectivity index (χ3v) is 2.94. The minimum absolute atomic E-state index is 0.788. The molecule has 0 aromatic heterocycles. The minimum atomic E-state index is 0.788. The molecule has 1 aliphatic carbocycles. The monoisotopic (exact) mass is 199 g/mol. The summed E-state index contributed by atoms with van der Waals surface area (Å²) in [5.41, 5.74) is 0. The smallest absolute Gasteiger partial charge is 0.0478 e. The summed E-state index contributed by atoms with van der Waals surface area (Å²) in [6.45, 7) is 7.47. The Labute approximate surface area is 88.4 Å². The van der Waals surface area contributed by atoms with Gasteiger partial charge in [-0.1, -0.05) is 13.8 Å². The van der Waals surface area contributed by atoms with Crippen molar-refractivity contribution in [3.8, 4) is 0 Å². The fourth-order valence-electron chi connectivity index (χ4n) is 2.12. The molecule has 2 atom stereocenters. The highest BCUT2D eigenvalue weighted by atomic mass is 16.5. The van der Waals surface area contributed by atoms with Crippen molar-refractivity contribution in [1.29, 1.82) is 0 Å². The summed E-state index contributed by atoms with van der Waals surface area (Å²) in [6, 6.07) is 0.788. The van der Waals surface area contributed by atoms with E-state index in [1.807, 2.05) is 0 Å². The highest BCUT2D eigenvalue weighted by Crippen LogP contribution is 2.24. The zero-order valence-electron chi connectivity index (χ0n) is 9.72. The van der Waals surface area contributed by atoms with Gasteiger partial charge in [-0.15, -0.1) is 0 Å². The Balaban J connectivity index is 1.84. The first-order valence-electron chi connectivity index (χ1n) is 6.14. The molecule has 0 spiro atoms. The molecule has 14 heavy (non-hydrogen) atoms. The number of rotatable bonds is 7. The largest absolute Gasteiger partial charge is 0.381 e. The number of hydrogen-bond acceptors (Lipinski definition) is 2. The predicted molar refractivity (Wildman–Crippen MR) is 60.5 cm³/mol. The number of hydrogen-bond donors (Lipinski definition) is 1. The van der Waals surface area contributed by atoms with Crippen molar-refractivity contribution in [3.05, 3.63) is 0 Å². The zero-order chi connectivity index (χ0) is 10.2. The van der Waals surface area contributed by atoms with E-state index in [1.165, 1.54) is 19.3 Å². The molecular weight excluding hydrogens is 174 g/mol. The van der Waals surface area contributed by atoms with E-state index in [0.717, 1.165) is 44.6 Å². The van der Waals surface area contributed by atoms with Gasteiger partial charge >= 0.3 is 0 Å². The standard InChI is InChI=1S/C12H25NO/c1-3-8-14-9-4-7-13-12-6-5-11(2)10-12/h11-13H,3-10H2,1-2H3. The van der Waals surface area contributed by atoms with Crippen molar-refractivity contribution < 1.29 is 4.74 Å². The quantitative estimate of drug-likeness (QED) is 0.636. The van der Waals surface area contributed by atoms with E-state index in [4.69, 9.17) is 4.74 Å². The van der Waals surface area contributed by atoms with E-state index in [-0.39, 0.29) is 0 Å². The van der Waals surface area contributed by atoms with Gasteiger partial charge in [-0.05, 0) is 44.6 Å². The molecule has 84 valence electrons. The van der Waals surface area contributed by atoms with Crippen LogP contribution in [-0.4, -0.2) is 25.8 Å². The van der Waals surface area contributed by atoms with Crippen LogP contribution < -0.4 is 5.32 Å². The Bertz CT molecular complexity index is 138. The Hall–Kier alpha value is -0.0800. The van der Waals surface area contributed by atoms with Crippen LogP contribution in [-0.2, 0) is 4.74 Å². The summed E-state index contributed by atoms with van der Waals surface area (Å²) in [5, 5.41) is 3.61. The molecule has 1 N–H and O–H groups in total. The highest BCUT2D eigenvalue weighted by molar-refractivity contribution is 4.77. The molecule has 1 fully saturated rings. The van der Waals surface area contributed by atoms with Gasteiger partial charge in [-0.2, -0.15) is 0 Å². The van der Waals surface area contributed by atoms with Gasteiger partial charge < -0.3 is 10.1 Å². The second-order valence-corrected chi connectivity index (χ2v) is 4.54. The number of nitrogens with one attached hydrogen (secondary N) is 1. The predicted octanol–water partition coefficient (Wildman–Crippen LogP) is 2.58. The lowest BCUT2D eigenvalue weighted by Crippen LogP contribution is -2.28. The average Bonchev–Trinajstić information content (AvgIpc) is 2.58. The topological polar surface area (TPSA) is 21.3 Å². The molecule has 0 radical (unpaired) electrons. The third-order valence-electron chi connectivity index (χ3n) is 2.94. The molecule has 2 nitrogen and oxygen atoms in total. The Morgan fingerprint density at radius 2 is 2.14 bits per heavy atom. The fourth-order valence-corrected chi connectivity index (χ4v) is 2.12. The molecule has 1 saturated carbocycles.